The molecule has 0 spiro atoms. The van der Waals surface area contributed by atoms with Gasteiger partial charge in [0.05, 0.1) is 6.04 Å². The van der Waals surface area contributed by atoms with Gasteiger partial charge < -0.3 is 5.73 Å². The fourth-order valence-corrected chi connectivity index (χ4v) is 3.81. The van der Waals surface area contributed by atoms with Gasteiger partial charge in [-0.3, -0.25) is 4.90 Å². The van der Waals surface area contributed by atoms with Crippen LogP contribution in [-0.4, -0.2) is 24.5 Å². The largest absolute Gasteiger partial charge is 0.326 e. The molecule has 0 aromatic carbocycles. The first-order valence-corrected chi connectivity index (χ1v) is 7.60. The highest BCUT2D eigenvalue weighted by atomic mass is 32.1. The van der Waals surface area contributed by atoms with Gasteiger partial charge in [0.1, 0.15) is 0 Å². The summed E-state index contributed by atoms with van der Waals surface area (Å²) in [6.07, 6.45) is 5.64. The average Bonchev–Trinajstić information content (AvgIpc) is 2.89. The first-order valence-electron chi connectivity index (χ1n) is 6.66. The van der Waals surface area contributed by atoms with E-state index in [0.29, 0.717) is 6.04 Å². The molecule has 2 atom stereocenters. The van der Waals surface area contributed by atoms with Gasteiger partial charge in [-0.1, -0.05) is 12.8 Å². The number of nitrogens with two attached hydrogens (primary N) is 1. The second-order valence-corrected chi connectivity index (χ2v) is 6.23. The summed E-state index contributed by atoms with van der Waals surface area (Å²) in [6, 6.07) is 2.78. The van der Waals surface area contributed by atoms with Gasteiger partial charge in [-0.25, -0.2) is 0 Å². The molecule has 2 rings (SSSR count). The minimum Gasteiger partial charge on any atom is -0.326 e. The molecular weight excluding hydrogens is 228 g/mol. The predicted molar refractivity (Wildman–Crippen MR) is 75.3 cm³/mol. The van der Waals surface area contributed by atoms with Crippen LogP contribution in [0.1, 0.15) is 44.2 Å². The Kier molecular flexibility index (Phi) is 4.60. The lowest BCUT2D eigenvalue weighted by Gasteiger charge is -2.32. The van der Waals surface area contributed by atoms with E-state index in [1.807, 2.05) is 0 Å². The summed E-state index contributed by atoms with van der Waals surface area (Å²) in [5.74, 6) is 0.889. The Morgan fingerprint density at radius 3 is 2.71 bits per heavy atom. The SMILES string of the molecule is CC(N)C(c1ccsc1)N(C)CC1CCCC1. The zero-order valence-electron chi connectivity index (χ0n) is 10.9. The lowest BCUT2D eigenvalue weighted by Crippen LogP contribution is -2.39. The van der Waals surface area contributed by atoms with E-state index < -0.39 is 0 Å². The molecule has 0 radical (unpaired) electrons. The van der Waals surface area contributed by atoms with Crippen LogP contribution in [0.3, 0.4) is 0 Å². The van der Waals surface area contributed by atoms with Gasteiger partial charge in [-0.15, -0.1) is 0 Å². The summed E-state index contributed by atoms with van der Waals surface area (Å²) in [4.78, 5) is 2.46. The van der Waals surface area contributed by atoms with Crippen molar-refractivity contribution in [1.82, 2.24) is 4.90 Å². The highest BCUT2D eigenvalue weighted by Gasteiger charge is 2.25. The first kappa shape index (κ1) is 13.1. The highest BCUT2D eigenvalue weighted by molar-refractivity contribution is 7.07. The molecule has 0 bridgehead atoms. The van der Waals surface area contributed by atoms with Crippen LogP contribution in [0.5, 0.6) is 0 Å². The van der Waals surface area contributed by atoms with Gasteiger partial charge in [-0.2, -0.15) is 11.3 Å². The third kappa shape index (κ3) is 3.30. The zero-order chi connectivity index (χ0) is 12.3. The maximum absolute atomic E-state index is 6.17. The van der Waals surface area contributed by atoms with Crippen LogP contribution in [0.4, 0.5) is 0 Å². The molecule has 0 saturated heterocycles. The van der Waals surface area contributed by atoms with Crippen molar-refractivity contribution < 1.29 is 0 Å². The maximum atomic E-state index is 6.17. The first-order chi connectivity index (χ1) is 8.18. The molecule has 1 aromatic heterocycles. The Morgan fingerprint density at radius 2 is 2.18 bits per heavy atom. The summed E-state index contributed by atoms with van der Waals surface area (Å²) in [5, 5.41) is 4.38. The van der Waals surface area contributed by atoms with Gasteiger partial charge in [-0.05, 0) is 55.1 Å². The maximum Gasteiger partial charge on any atom is 0.0501 e. The quantitative estimate of drug-likeness (QED) is 0.871. The van der Waals surface area contributed by atoms with Crippen LogP contribution >= 0.6 is 11.3 Å². The summed E-state index contributed by atoms with van der Waals surface area (Å²) < 4.78 is 0. The number of hydrogen-bond donors (Lipinski definition) is 1. The molecule has 1 fully saturated rings. The molecule has 2 nitrogen and oxygen atoms in total. The molecule has 17 heavy (non-hydrogen) atoms. The van der Waals surface area contributed by atoms with Crippen molar-refractivity contribution in [3.8, 4) is 0 Å². The van der Waals surface area contributed by atoms with Crippen LogP contribution in [-0.2, 0) is 0 Å². The minimum absolute atomic E-state index is 0.191. The molecule has 1 heterocycles. The number of thiophene rings is 1. The smallest absolute Gasteiger partial charge is 0.0501 e. The Morgan fingerprint density at radius 1 is 1.47 bits per heavy atom. The third-order valence-corrected chi connectivity index (χ3v) is 4.58. The topological polar surface area (TPSA) is 29.3 Å². The van der Waals surface area contributed by atoms with E-state index in [4.69, 9.17) is 5.73 Å². The summed E-state index contributed by atoms with van der Waals surface area (Å²) >= 11 is 1.76. The number of likely N-dealkylation sites (N-methyl/N-ethyl adjacent to an activating group) is 1. The fraction of sp³-hybridized carbons (Fsp3) is 0.714. The fourth-order valence-electron chi connectivity index (χ4n) is 3.12. The molecule has 1 aromatic rings. The molecule has 2 N–H and O–H groups in total. The summed E-state index contributed by atoms with van der Waals surface area (Å²) in [7, 11) is 2.23. The third-order valence-electron chi connectivity index (χ3n) is 3.88. The molecule has 1 aliphatic carbocycles. The second-order valence-electron chi connectivity index (χ2n) is 5.45. The van der Waals surface area contributed by atoms with Crippen molar-refractivity contribution in [1.29, 1.82) is 0 Å². The molecule has 1 saturated carbocycles. The standard InChI is InChI=1S/C14H24N2S/c1-11(15)14(13-7-8-17-10-13)16(2)9-12-5-3-4-6-12/h7-8,10-12,14H,3-6,9,15H2,1-2H3. The molecule has 0 aliphatic heterocycles. The van der Waals surface area contributed by atoms with Crippen molar-refractivity contribution in [2.45, 2.75) is 44.7 Å². The molecule has 1 aliphatic rings. The van der Waals surface area contributed by atoms with E-state index in [-0.39, 0.29) is 6.04 Å². The van der Waals surface area contributed by atoms with Gasteiger partial charge in [0, 0.05) is 12.6 Å². The molecule has 3 heteroatoms. The number of rotatable bonds is 5. The van der Waals surface area contributed by atoms with Crippen molar-refractivity contribution >= 4 is 11.3 Å². The van der Waals surface area contributed by atoms with Gasteiger partial charge in [0.15, 0.2) is 0 Å². The summed E-state index contributed by atoms with van der Waals surface area (Å²) in [6.45, 7) is 3.32. The number of nitrogens with zero attached hydrogens (tertiary/aromatic N) is 1. The number of hydrogen-bond acceptors (Lipinski definition) is 3. The van der Waals surface area contributed by atoms with Gasteiger partial charge in [0.25, 0.3) is 0 Å². The Labute approximate surface area is 109 Å². The Hall–Kier alpha value is -0.380. The lowest BCUT2D eigenvalue weighted by atomic mass is 10.00. The van der Waals surface area contributed by atoms with Crippen molar-refractivity contribution in [2.75, 3.05) is 13.6 Å². The Balaban J connectivity index is 2.00. The van der Waals surface area contributed by atoms with Crippen LogP contribution in [0, 0.1) is 5.92 Å². The van der Waals surface area contributed by atoms with E-state index in [1.165, 1.54) is 37.8 Å². The van der Waals surface area contributed by atoms with E-state index in [1.54, 1.807) is 11.3 Å². The molecular formula is C14H24N2S. The van der Waals surface area contributed by atoms with Gasteiger partial charge >= 0.3 is 0 Å². The van der Waals surface area contributed by atoms with Crippen LogP contribution in [0.15, 0.2) is 16.8 Å². The van der Waals surface area contributed by atoms with E-state index in [2.05, 4.69) is 35.7 Å². The predicted octanol–water partition coefficient (Wildman–Crippen LogP) is 3.26. The van der Waals surface area contributed by atoms with Crippen LogP contribution in [0.2, 0.25) is 0 Å². The zero-order valence-corrected chi connectivity index (χ0v) is 11.7. The minimum atomic E-state index is 0.191. The lowest BCUT2D eigenvalue weighted by molar-refractivity contribution is 0.188. The van der Waals surface area contributed by atoms with Crippen molar-refractivity contribution in [3.63, 3.8) is 0 Å². The highest BCUT2D eigenvalue weighted by Crippen LogP contribution is 2.30. The average molecular weight is 252 g/mol. The normalized spacial score (nSPS) is 20.9. The van der Waals surface area contributed by atoms with E-state index >= 15 is 0 Å². The molecule has 0 amide bonds. The van der Waals surface area contributed by atoms with Crippen LogP contribution < -0.4 is 5.73 Å². The monoisotopic (exact) mass is 252 g/mol. The Bertz CT molecular complexity index is 315. The molecule has 2 unspecified atom stereocenters. The van der Waals surface area contributed by atoms with E-state index in [9.17, 15) is 0 Å². The second kappa shape index (κ2) is 5.98. The van der Waals surface area contributed by atoms with Crippen LogP contribution in [0.25, 0.3) is 0 Å². The van der Waals surface area contributed by atoms with Crippen molar-refractivity contribution in [3.05, 3.63) is 22.4 Å². The van der Waals surface area contributed by atoms with Crippen molar-refractivity contribution in [2.24, 2.45) is 11.7 Å². The summed E-state index contributed by atoms with van der Waals surface area (Å²) in [5.41, 5.74) is 7.55. The van der Waals surface area contributed by atoms with Gasteiger partial charge in [0.2, 0.25) is 0 Å². The molecule has 96 valence electrons. The van der Waals surface area contributed by atoms with E-state index in [0.717, 1.165) is 5.92 Å².